The van der Waals surface area contributed by atoms with E-state index in [2.05, 4.69) is 4.72 Å². The lowest BCUT2D eigenvalue weighted by Gasteiger charge is -2.33. The van der Waals surface area contributed by atoms with E-state index >= 15 is 0 Å². The number of piperazine rings is 1. The van der Waals surface area contributed by atoms with Gasteiger partial charge in [0.1, 0.15) is 0 Å². The first-order chi connectivity index (χ1) is 14.1. The third-order valence-electron chi connectivity index (χ3n) is 4.63. The lowest BCUT2D eigenvalue weighted by Crippen LogP contribution is -2.50. The van der Waals surface area contributed by atoms with Crippen molar-refractivity contribution in [3.8, 4) is 0 Å². The van der Waals surface area contributed by atoms with E-state index in [1.807, 2.05) is 18.2 Å². The number of nitrogens with one attached hydrogen (secondary N) is 1. The van der Waals surface area contributed by atoms with Gasteiger partial charge >= 0.3 is 0 Å². The van der Waals surface area contributed by atoms with Crippen molar-refractivity contribution in [3.63, 3.8) is 0 Å². The second-order valence-electron chi connectivity index (χ2n) is 6.89. The maximum Gasteiger partial charge on any atom is 0.255 e. The lowest BCUT2D eigenvalue weighted by molar-refractivity contribution is 0.0698. The normalized spacial score (nSPS) is 16.0. The number of nitrogens with zero attached hydrogens (tertiary/aromatic N) is 2. The van der Waals surface area contributed by atoms with Crippen molar-refractivity contribution in [1.29, 1.82) is 0 Å². The number of hydrogen-bond donors (Lipinski definition) is 1. The van der Waals surface area contributed by atoms with Gasteiger partial charge in [-0.25, -0.2) is 16.8 Å². The van der Waals surface area contributed by atoms with Crippen LogP contribution in [-0.2, 0) is 20.0 Å². The first-order valence-electron chi connectivity index (χ1n) is 9.24. The predicted molar refractivity (Wildman–Crippen MR) is 117 cm³/mol. The number of hydrogen-bond acceptors (Lipinski definition) is 5. The molecule has 1 saturated heterocycles. The number of carbonyl (C=O) groups is 1. The van der Waals surface area contributed by atoms with Gasteiger partial charge < -0.3 is 4.90 Å². The van der Waals surface area contributed by atoms with Gasteiger partial charge in [-0.3, -0.25) is 9.52 Å². The molecular formula is C20H23N3O5S2. The van der Waals surface area contributed by atoms with Gasteiger partial charge in [0.15, 0.2) is 0 Å². The zero-order chi connectivity index (χ0) is 21.8. The molecule has 10 heteroatoms. The number of benzene rings is 2. The Morgan fingerprint density at radius 1 is 0.900 bits per heavy atom. The number of anilines is 1. The van der Waals surface area contributed by atoms with Gasteiger partial charge in [0, 0.05) is 37.4 Å². The maximum atomic E-state index is 12.6. The molecule has 2 aromatic carbocycles. The molecule has 1 amide bonds. The van der Waals surface area contributed by atoms with Gasteiger partial charge in [-0.15, -0.1) is 0 Å². The topological polar surface area (TPSA) is 104 Å². The highest BCUT2D eigenvalue weighted by Gasteiger charge is 2.26. The van der Waals surface area contributed by atoms with Crippen LogP contribution in [0.5, 0.6) is 0 Å². The summed E-state index contributed by atoms with van der Waals surface area (Å²) in [5, 5.41) is 1.09. The smallest absolute Gasteiger partial charge is 0.255 e. The maximum absolute atomic E-state index is 12.6. The summed E-state index contributed by atoms with van der Waals surface area (Å²) in [5.41, 5.74) is 1.51. The standard InChI is InChI=1S/C20H23N3O5S2/c1-29(25,26)23-14-12-22(13-15-23)20(24)18-7-9-19(10-8-18)21-30(27,28)16-11-17-5-3-2-4-6-17/h2-11,16,21H,12-15H2,1H3/b16-11+. The molecule has 3 rings (SSSR count). The molecule has 1 aliphatic heterocycles. The minimum Gasteiger partial charge on any atom is -0.336 e. The van der Waals surface area contributed by atoms with Gasteiger partial charge in [-0.05, 0) is 35.9 Å². The first kappa shape index (κ1) is 22.0. The van der Waals surface area contributed by atoms with Gasteiger partial charge in [-0.2, -0.15) is 4.31 Å². The molecule has 0 radical (unpaired) electrons. The van der Waals surface area contributed by atoms with Crippen LogP contribution >= 0.6 is 0 Å². The second-order valence-corrected chi connectivity index (χ2v) is 10.4. The largest absolute Gasteiger partial charge is 0.336 e. The van der Waals surface area contributed by atoms with E-state index in [9.17, 15) is 21.6 Å². The van der Waals surface area contributed by atoms with Crippen molar-refractivity contribution < 1.29 is 21.6 Å². The number of amides is 1. The molecule has 0 unspecified atom stereocenters. The van der Waals surface area contributed by atoms with E-state index in [1.54, 1.807) is 29.2 Å². The fourth-order valence-electron chi connectivity index (χ4n) is 3.02. The van der Waals surface area contributed by atoms with Crippen LogP contribution in [0.3, 0.4) is 0 Å². The number of rotatable bonds is 6. The molecule has 1 heterocycles. The molecule has 0 aromatic heterocycles. The Morgan fingerprint density at radius 3 is 2.07 bits per heavy atom. The van der Waals surface area contributed by atoms with Gasteiger partial charge in [-0.1, -0.05) is 30.3 Å². The summed E-state index contributed by atoms with van der Waals surface area (Å²) < 4.78 is 51.4. The monoisotopic (exact) mass is 449 g/mol. The minimum atomic E-state index is -3.69. The zero-order valence-electron chi connectivity index (χ0n) is 16.4. The molecule has 0 atom stereocenters. The molecule has 160 valence electrons. The minimum absolute atomic E-state index is 0.221. The molecule has 8 nitrogen and oxygen atoms in total. The summed E-state index contributed by atoms with van der Waals surface area (Å²) in [7, 11) is -6.96. The van der Waals surface area contributed by atoms with Crippen LogP contribution in [0.25, 0.3) is 6.08 Å². The van der Waals surface area contributed by atoms with Crippen LogP contribution in [0.2, 0.25) is 0 Å². The van der Waals surface area contributed by atoms with E-state index in [-0.39, 0.29) is 19.0 Å². The molecule has 0 bridgehead atoms. The van der Waals surface area contributed by atoms with E-state index < -0.39 is 20.0 Å². The zero-order valence-corrected chi connectivity index (χ0v) is 18.1. The Hall–Kier alpha value is -2.69. The molecule has 0 saturated carbocycles. The Balaban J connectivity index is 1.61. The summed E-state index contributed by atoms with van der Waals surface area (Å²) in [4.78, 5) is 14.2. The Labute approximate surface area is 176 Å². The van der Waals surface area contributed by atoms with Gasteiger partial charge in [0.25, 0.3) is 15.9 Å². The molecule has 0 aliphatic carbocycles. The summed E-state index contributed by atoms with van der Waals surface area (Å²) in [6.45, 7) is 1.14. The second kappa shape index (κ2) is 8.99. The highest BCUT2D eigenvalue weighted by atomic mass is 32.2. The van der Waals surface area contributed by atoms with E-state index in [0.29, 0.717) is 24.3 Å². The molecule has 2 aromatic rings. The van der Waals surface area contributed by atoms with Gasteiger partial charge in [0.05, 0.1) is 11.7 Å². The van der Waals surface area contributed by atoms with Crippen LogP contribution in [0, 0.1) is 0 Å². The average Bonchev–Trinajstić information content (AvgIpc) is 2.72. The van der Waals surface area contributed by atoms with E-state index in [4.69, 9.17) is 0 Å². The average molecular weight is 450 g/mol. The molecule has 1 fully saturated rings. The summed E-state index contributed by atoms with van der Waals surface area (Å²) in [5.74, 6) is -0.221. The Bertz CT molecular complexity index is 1120. The van der Waals surface area contributed by atoms with Crippen molar-refractivity contribution >= 4 is 37.7 Å². The first-order valence-corrected chi connectivity index (χ1v) is 12.6. The third-order valence-corrected chi connectivity index (χ3v) is 6.94. The summed E-state index contributed by atoms with van der Waals surface area (Å²) in [6.07, 6.45) is 2.65. The third kappa shape index (κ3) is 5.91. The SMILES string of the molecule is CS(=O)(=O)N1CCN(C(=O)c2ccc(NS(=O)(=O)/C=C/c3ccccc3)cc2)CC1. The molecular weight excluding hydrogens is 426 g/mol. The number of carbonyl (C=O) groups excluding carboxylic acids is 1. The van der Waals surface area contributed by atoms with Crippen LogP contribution in [0.15, 0.2) is 60.0 Å². The fourth-order valence-corrected chi connectivity index (χ4v) is 4.71. The molecule has 0 spiro atoms. The molecule has 1 aliphatic rings. The van der Waals surface area contributed by atoms with Crippen LogP contribution in [0.1, 0.15) is 15.9 Å². The fraction of sp³-hybridized carbons (Fsp3) is 0.250. The highest BCUT2D eigenvalue weighted by Crippen LogP contribution is 2.16. The summed E-state index contributed by atoms with van der Waals surface area (Å²) >= 11 is 0. The van der Waals surface area contributed by atoms with Crippen LogP contribution < -0.4 is 4.72 Å². The molecule has 1 N–H and O–H groups in total. The quantitative estimate of drug-likeness (QED) is 0.724. The summed E-state index contributed by atoms with van der Waals surface area (Å²) in [6, 6.07) is 15.2. The van der Waals surface area contributed by atoms with Crippen LogP contribution in [-0.4, -0.2) is 64.4 Å². The van der Waals surface area contributed by atoms with Crippen molar-refractivity contribution in [2.24, 2.45) is 0 Å². The van der Waals surface area contributed by atoms with E-state index in [0.717, 1.165) is 17.2 Å². The van der Waals surface area contributed by atoms with Gasteiger partial charge in [0.2, 0.25) is 10.0 Å². The van der Waals surface area contributed by atoms with E-state index in [1.165, 1.54) is 22.5 Å². The number of sulfonamides is 2. The van der Waals surface area contributed by atoms with Crippen molar-refractivity contribution in [1.82, 2.24) is 9.21 Å². The van der Waals surface area contributed by atoms with Crippen molar-refractivity contribution in [2.75, 3.05) is 37.2 Å². The predicted octanol–water partition coefficient (Wildman–Crippen LogP) is 1.82. The Kier molecular flexibility index (Phi) is 6.59. The van der Waals surface area contributed by atoms with Crippen LogP contribution in [0.4, 0.5) is 5.69 Å². The van der Waals surface area contributed by atoms with Crippen molar-refractivity contribution in [2.45, 2.75) is 0 Å². The molecule has 30 heavy (non-hydrogen) atoms. The highest BCUT2D eigenvalue weighted by molar-refractivity contribution is 7.95. The van der Waals surface area contributed by atoms with Crippen molar-refractivity contribution in [3.05, 3.63) is 71.1 Å². The Morgan fingerprint density at radius 2 is 1.50 bits per heavy atom. The lowest BCUT2D eigenvalue weighted by atomic mass is 10.1.